The maximum absolute atomic E-state index is 12.7. The Labute approximate surface area is 156 Å². The molecule has 0 spiro atoms. The number of carbonyl (C=O) groups is 1. The van der Waals surface area contributed by atoms with Crippen LogP contribution in [0.3, 0.4) is 0 Å². The Hall–Kier alpha value is -1.43. The van der Waals surface area contributed by atoms with E-state index >= 15 is 0 Å². The molecule has 0 saturated heterocycles. The lowest BCUT2D eigenvalue weighted by atomic mass is 9.65. The molecule has 144 valence electrons. The minimum Gasteiger partial charge on any atom is -0.379 e. The number of amides is 1. The van der Waals surface area contributed by atoms with Crippen LogP contribution < -0.4 is 11.1 Å². The number of nitrogens with one attached hydrogen (secondary N) is 1. The van der Waals surface area contributed by atoms with E-state index in [4.69, 9.17) is 15.2 Å². The van der Waals surface area contributed by atoms with Crippen molar-refractivity contribution in [1.82, 2.24) is 0 Å². The van der Waals surface area contributed by atoms with E-state index in [0.717, 1.165) is 24.1 Å². The summed E-state index contributed by atoms with van der Waals surface area (Å²) in [6.45, 7) is 4.39. The highest BCUT2D eigenvalue weighted by molar-refractivity contribution is 5.92. The molecular weight excluding hydrogens is 328 g/mol. The Balaban J connectivity index is 1.50. The van der Waals surface area contributed by atoms with Gasteiger partial charge in [0, 0.05) is 24.3 Å². The monoisotopic (exact) mass is 360 g/mol. The predicted molar refractivity (Wildman–Crippen MR) is 103 cm³/mol. The van der Waals surface area contributed by atoms with E-state index in [-0.39, 0.29) is 11.8 Å². The number of fused-ring (bicyclic) bond motifs is 2. The van der Waals surface area contributed by atoms with Crippen LogP contribution in [-0.4, -0.2) is 31.8 Å². The fourth-order valence-corrected chi connectivity index (χ4v) is 4.44. The van der Waals surface area contributed by atoms with Crippen molar-refractivity contribution in [2.45, 2.75) is 51.7 Å². The normalized spacial score (nSPS) is 27.9. The number of rotatable bonds is 8. The molecule has 0 radical (unpaired) electrons. The minimum absolute atomic E-state index is 0.0937. The molecule has 2 unspecified atom stereocenters. The third kappa shape index (κ3) is 5.06. The van der Waals surface area contributed by atoms with Gasteiger partial charge in [-0.3, -0.25) is 4.79 Å². The number of hydrogen-bond acceptors (Lipinski definition) is 4. The van der Waals surface area contributed by atoms with Gasteiger partial charge < -0.3 is 20.5 Å². The Kier molecular flexibility index (Phi) is 7.06. The topological polar surface area (TPSA) is 73.6 Å². The summed E-state index contributed by atoms with van der Waals surface area (Å²) in [7, 11) is 0. The smallest absolute Gasteiger partial charge is 0.227 e. The van der Waals surface area contributed by atoms with Crippen LogP contribution in [0, 0.1) is 17.8 Å². The lowest BCUT2D eigenvalue weighted by molar-refractivity contribution is -0.122. The van der Waals surface area contributed by atoms with Gasteiger partial charge in [-0.05, 0) is 62.1 Å². The van der Waals surface area contributed by atoms with Gasteiger partial charge in [0.25, 0.3) is 0 Å². The average Bonchev–Trinajstić information content (AvgIpc) is 2.61. The first-order valence-electron chi connectivity index (χ1n) is 9.98. The molecule has 2 fully saturated rings. The third-order valence-electron chi connectivity index (χ3n) is 5.82. The second kappa shape index (κ2) is 9.49. The van der Waals surface area contributed by atoms with Crippen molar-refractivity contribution in [3.63, 3.8) is 0 Å². The summed E-state index contributed by atoms with van der Waals surface area (Å²) in [6, 6.07) is 8.21. The zero-order valence-electron chi connectivity index (χ0n) is 15.8. The number of nitrogens with two attached hydrogens (primary N) is 1. The van der Waals surface area contributed by atoms with Gasteiger partial charge in [-0.2, -0.15) is 0 Å². The molecular formula is C21H32N2O3. The highest BCUT2D eigenvalue weighted by Crippen LogP contribution is 2.42. The summed E-state index contributed by atoms with van der Waals surface area (Å²) in [4.78, 5) is 12.7. The van der Waals surface area contributed by atoms with E-state index < -0.39 is 0 Å². The molecule has 5 nitrogen and oxygen atoms in total. The fraction of sp³-hybridized carbons (Fsp3) is 0.667. The van der Waals surface area contributed by atoms with Crippen LogP contribution >= 0.6 is 0 Å². The number of anilines is 1. The van der Waals surface area contributed by atoms with Crippen molar-refractivity contribution in [1.29, 1.82) is 0 Å². The lowest BCUT2D eigenvalue weighted by Gasteiger charge is -2.43. The van der Waals surface area contributed by atoms with Crippen molar-refractivity contribution in [3.05, 3.63) is 29.8 Å². The summed E-state index contributed by atoms with van der Waals surface area (Å²) in [5.74, 6) is 1.27. The van der Waals surface area contributed by atoms with Crippen LogP contribution in [0.2, 0.25) is 0 Å². The molecule has 0 aliphatic heterocycles. The first-order chi connectivity index (χ1) is 12.7. The molecule has 26 heavy (non-hydrogen) atoms. The molecule has 0 aromatic heterocycles. The van der Waals surface area contributed by atoms with Gasteiger partial charge in [0.2, 0.25) is 5.91 Å². The molecule has 3 N–H and O–H groups in total. The summed E-state index contributed by atoms with van der Waals surface area (Å²) < 4.78 is 10.9. The summed E-state index contributed by atoms with van der Waals surface area (Å²) in [6.07, 6.45) is 5.49. The lowest BCUT2D eigenvalue weighted by Crippen LogP contribution is -2.48. The maximum atomic E-state index is 12.7. The molecule has 1 aromatic carbocycles. The highest BCUT2D eigenvalue weighted by Gasteiger charge is 2.40. The summed E-state index contributed by atoms with van der Waals surface area (Å²) >= 11 is 0. The number of ether oxygens (including phenoxy) is 2. The van der Waals surface area contributed by atoms with Gasteiger partial charge in [-0.25, -0.2) is 0 Å². The molecule has 1 amide bonds. The SMILES string of the molecule is CCOCCOCc1cccc(NC(=O)C2CC3CCCC(C2)C3N)c1. The summed E-state index contributed by atoms with van der Waals surface area (Å²) in [5, 5.41) is 3.11. The van der Waals surface area contributed by atoms with E-state index in [0.29, 0.717) is 44.3 Å². The van der Waals surface area contributed by atoms with E-state index in [9.17, 15) is 4.79 Å². The zero-order chi connectivity index (χ0) is 18.4. The molecule has 2 aliphatic carbocycles. The number of carbonyl (C=O) groups excluding carboxylic acids is 1. The van der Waals surface area contributed by atoms with Crippen molar-refractivity contribution >= 4 is 11.6 Å². The van der Waals surface area contributed by atoms with Crippen molar-refractivity contribution in [2.24, 2.45) is 23.5 Å². The van der Waals surface area contributed by atoms with Gasteiger partial charge in [0.15, 0.2) is 0 Å². The Morgan fingerprint density at radius 3 is 2.65 bits per heavy atom. The first-order valence-corrected chi connectivity index (χ1v) is 9.98. The van der Waals surface area contributed by atoms with Crippen LogP contribution in [0.5, 0.6) is 0 Å². The predicted octanol–water partition coefficient (Wildman–Crippen LogP) is 3.33. The van der Waals surface area contributed by atoms with Crippen LogP contribution in [0.4, 0.5) is 5.69 Å². The molecule has 3 rings (SSSR count). The van der Waals surface area contributed by atoms with E-state index in [1.165, 1.54) is 19.3 Å². The molecule has 2 saturated carbocycles. The highest BCUT2D eigenvalue weighted by atomic mass is 16.5. The molecule has 1 aromatic rings. The Bertz CT molecular complexity index is 578. The maximum Gasteiger partial charge on any atom is 0.227 e. The molecule has 2 aliphatic rings. The largest absolute Gasteiger partial charge is 0.379 e. The van der Waals surface area contributed by atoms with E-state index in [1.54, 1.807) is 0 Å². The van der Waals surface area contributed by atoms with E-state index in [1.807, 2.05) is 31.2 Å². The van der Waals surface area contributed by atoms with Gasteiger partial charge in [0.1, 0.15) is 0 Å². The van der Waals surface area contributed by atoms with Crippen LogP contribution in [0.15, 0.2) is 24.3 Å². The fourth-order valence-electron chi connectivity index (χ4n) is 4.44. The van der Waals surface area contributed by atoms with Crippen molar-refractivity contribution < 1.29 is 14.3 Å². The van der Waals surface area contributed by atoms with E-state index in [2.05, 4.69) is 5.32 Å². The minimum atomic E-state index is 0.0937. The van der Waals surface area contributed by atoms with Crippen LogP contribution in [0.1, 0.15) is 44.6 Å². The van der Waals surface area contributed by atoms with Gasteiger partial charge in [0.05, 0.1) is 19.8 Å². The van der Waals surface area contributed by atoms with Gasteiger partial charge >= 0.3 is 0 Å². The number of hydrogen-bond donors (Lipinski definition) is 2. The second-order valence-electron chi connectivity index (χ2n) is 7.64. The third-order valence-corrected chi connectivity index (χ3v) is 5.82. The van der Waals surface area contributed by atoms with Crippen molar-refractivity contribution in [3.8, 4) is 0 Å². The molecule has 2 bridgehead atoms. The summed E-state index contributed by atoms with van der Waals surface area (Å²) in [5.41, 5.74) is 8.25. The van der Waals surface area contributed by atoms with Gasteiger partial charge in [-0.15, -0.1) is 0 Å². The quantitative estimate of drug-likeness (QED) is 0.698. The van der Waals surface area contributed by atoms with Crippen molar-refractivity contribution in [2.75, 3.05) is 25.1 Å². The average molecular weight is 360 g/mol. The standard InChI is InChI=1S/C21H32N2O3/c1-2-25-9-10-26-14-15-5-3-8-19(11-15)23-21(24)18-12-16-6-4-7-17(13-18)20(16)22/h3,5,8,11,16-18,20H,2,4,6-7,9-10,12-14,22H2,1H3,(H,23,24). The zero-order valence-corrected chi connectivity index (χ0v) is 15.8. The Morgan fingerprint density at radius 2 is 1.92 bits per heavy atom. The van der Waals surface area contributed by atoms with Gasteiger partial charge in [-0.1, -0.05) is 18.6 Å². The van der Waals surface area contributed by atoms with Crippen LogP contribution in [-0.2, 0) is 20.9 Å². The molecule has 0 heterocycles. The van der Waals surface area contributed by atoms with Crippen LogP contribution in [0.25, 0.3) is 0 Å². The molecule has 2 atom stereocenters. The number of benzene rings is 1. The Morgan fingerprint density at radius 1 is 1.19 bits per heavy atom. The first kappa shape index (κ1) is 19.3. The molecule has 5 heteroatoms. The second-order valence-corrected chi connectivity index (χ2v) is 7.64.